The van der Waals surface area contributed by atoms with Crippen molar-refractivity contribution in [1.82, 2.24) is 0 Å². The van der Waals surface area contributed by atoms with Gasteiger partial charge in [0.15, 0.2) is 0 Å². The zero-order valence-electron chi connectivity index (χ0n) is 10.6. The van der Waals surface area contributed by atoms with E-state index in [1.807, 2.05) is 13.8 Å². The lowest BCUT2D eigenvalue weighted by Gasteiger charge is -2.51. The number of hydrogen-bond acceptors (Lipinski definition) is 3. The fourth-order valence-electron chi connectivity index (χ4n) is 2.65. The maximum Gasteiger partial charge on any atom is 0.302 e. The number of rotatable bonds is 2. The fourth-order valence-corrected chi connectivity index (χ4v) is 2.65. The van der Waals surface area contributed by atoms with Gasteiger partial charge in [0.05, 0.1) is 20.1 Å². The van der Waals surface area contributed by atoms with Crippen molar-refractivity contribution in [2.24, 2.45) is 11.3 Å². The van der Waals surface area contributed by atoms with Crippen molar-refractivity contribution in [3.63, 3.8) is 0 Å². The zero-order valence-corrected chi connectivity index (χ0v) is 10.6. The molecule has 1 aliphatic rings. The average Bonchev–Trinajstić information content (AvgIpc) is 2.11. The van der Waals surface area contributed by atoms with Gasteiger partial charge in [0, 0.05) is 12.8 Å². The summed E-state index contributed by atoms with van der Waals surface area (Å²) in [6.45, 7) is 7.47. The zero-order chi connectivity index (χ0) is 12.6. The van der Waals surface area contributed by atoms with Gasteiger partial charge in [0.1, 0.15) is 0 Å². The van der Waals surface area contributed by atoms with Crippen molar-refractivity contribution >= 4 is 13.8 Å². The molecule has 1 aliphatic carbocycles. The molecule has 0 aromatic rings. The third kappa shape index (κ3) is 2.59. The Kier molecular flexibility index (Phi) is 3.73. The molecule has 0 aromatic carbocycles. The van der Waals surface area contributed by atoms with E-state index in [9.17, 15) is 9.90 Å². The molecule has 1 rings (SSSR count). The smallest absolute Gasteiger partial charge is 0.302 e. The second-order valence-corrected chi connectivity index (χ2v) is 5.68. The van der Waals surface area contributed by atoms with Gasteiger partial charge in [-0.3, -0.25) is 4.79 Å². The van der Waals surface area contributed by atoms with Gasteiger partial charge in [-0.05, 0) is 18.8 Å². The Labute approximate surface area is 99.0 Å². The summed E-state index contributed by atoms with van der Waals surface area (Å²) in [5.41, 5.74) is -1.04. The predicted octanol–water partition coefficient (Wildman–Crippen LogP) is 1.69. The van der Waals surface area contributed by atoms with E-state index in [-0.39, 0.29) is 29.7 Å². The molecule has 1 saturated carbocycles. The Balaban J connectivity index is 2.83. The molecule has 0 bridgehead atoms. The van der Waals surface area contributed by atoms with Gasteiger partial charge in [0.2, 0.25) is 0 Å². The van der Waals surface area contributed by atoms with Gasteiger partial charge >= 0.3 is 5.97 Å². The number of hydrogen-bond donors (Lipinski definition) is 1. The summed E-state index contributed by atoms with van der Waals surface area (Å²) in [5.74, 6) is -0.397. The van der Waals surface area contributed by atoms with E-state index in [1.165, 1.54) is 6.92 Å². The minimum absolute atomic E-state index is 0.0354. The summed E-state index contributed by atoms with van der Waals surface area (Å²) in [6.07, 6.45) is 1.46. The van der Waals surface area contributed by atoms with Crippen molar-refractivity contribution in [1.29, 1.82) is 0 Å². The van der Waals surface area contributed by atoms with Crippen LogP contribution in [0, 0.1) is 11.3 Å². The largest absolute Gasteiger partial charge is 0.465 e. The van der Waals surface area contributed by atoms with Crippen LogP contribution in [0.2, 0.25) is 5.82 Å². The Morgan fingerprint density at radius 2 is 2.06 bits per heavy atom. The van der Waals surface area contributed by atoms with Crippen LogP contribution < -0.4 is 0 Å². The van der Waals surface area contributed by atoms with Crippen LogP contribution in [0.5, 0.6) is 0 Å². The lowest BCUT2D eigenvalue weighted by Crippen LogP contribution is -2.51. The molecular weight excluding hydrogens is 203 g/mol. The molecule has 90 valence electrons. The van der Waals surface area contributed by atoms with Crippen LogP contribution in [0.3, 0.4) is 0 Å². The van der Waals surface area contributed by atoms with Gasteiger partial charge < -0.3 is 9.84 Å². The number of aliphatic hydroxyl groups is 1. The molecule has 4 heteroatoms. The summed E-state index contributed by atoms with van der Waals surface area (Å²) in [7, 11) is 6.08. The molecule has 0 unspecified atom stereocenters. The average molecular weight is 224 g/mol. The highest BCUT2D eigenvalue weighted by Gasteiger charge is 2.49. The monoisotopic (exact) mass is 224 g/mol. The molecule has 0 spiro atoms. The molecule has 1 fully saturated rings. The molecule has 0 amide bonds. The molecule has 0 heterocycles. The van der Waals surface area contributed by atoms with Gasteiger partial charge in [-0.1, -0.05) is 26.1 Å². The molecule has 0 aliphatic heterocycles. The minimum atomic E-state index is -0.811. The quantitative estimate of drug-likeness (QED) is 0.573. The first kappa shape index (κ1) is 13.6. The molecule has 3 nitrogen and oxygen atoms in total. The highest BCUT2D eigenvalue weighted by atomic mass is 16.5. The normalized spacial score (nSPS) is 38.1. The standard InChI is InChI=1S/C12H21BO3/c1-8(14)16-7-9-11(2,3)10(13)5-6-12(9,4)15/h9-10,15H,5-7H2,1-4H3/t9-,10-,12-/m0/s1. The van der Waals surface area contributed by atoms with E-state index < -0.39 is 5.60 Å². The maximum atomic E-state index is 10.9. The Bertz CT molecular complexity index is 273. The van der Waals surface area contributed by atoms with E-state index >= 15 is 0 Å². The van der Waals surface area contributed by atoms with Crippen LogP contribution in [0.25, 0.3) is 0 Å². The maximum absolute atomic E-state index is 10.9. The third-order valence-electron chi connectivity index (χ3n) is 4.02. The van der Waals surface area contributed by atoms with Crippen molar-refractivity contribution in [2.45, 2.75) is 52.0 Å². The van der Waals surface area contributed by atoms with Crippen LogP contribution in [0.4, 0.5) is 0 Å². The van der Waals surface area contributed by atoms with E-state index in [0.29, 0.717) is 6.42 Å². The molecular formula is C12H21BO3. The van der Waals surface area contributed by atoms with Crippen LogP contribution in [0.15, 0.2) is 0 Å². The van der Waals surface area contributed by atoms with E-state index in [4.69, 9.17) is 12.6 Å². The summed E-state index contributed by atoms with van der Waals surface area (Å²) in [4.78, 5) is 10.9. The Morgan fingerprint density at radius 1 is 1.50 bits per heavy atom. The van der Waals surface area contributed by atoms with Gasteiger partial charge in [-0.15, -0.1) is 0 Å². The van der Waals surface area contributed by atoms with Crippen LogP contribution in [0.1, 0.15) is 40.5 Å². The van der Waals surface area contributed by atoms with Crippen LogP contribution in [-0.4, -0.2) is 31.1 Å². The highest BCUT2D eigenvalue weighted by molar-refractivity contribution is 6.12. The molecule has 0 aromatic heterocycles. The number of ether oxygens (including phenoxy) is 1. The Morgan fingerprint density at radius 3 is 2.56 bits per heavy atom. The number of carbonyl (C=O) groups excluding carboxylic acids is 1. The first-order valence-corrected chi connectivity index (χ1v) is 5.79. The highest BCUT2D eigenvalue weighted by Crippen LogP contribution is 2.51. The van der Waals surface area contributed by atoms with Crippen LogP contribution >= 0.6 is 0 Å². The lowest BCUT2D eigenvalue weighted by atomic mass is 9.51. The predicted molar refractivity (Wildman–Crippen MR) is 63.3 cm³/mol. The van der Waals surface area contributed by atoms with Crippen molar-refractivity contribution in [3.05, 3.63) is 0 Å². The van der Waals surface area contributed by atoms with E-state index in [0.717, 1.165) is 6.42 Å². The third-order valence-corrected chi connectivity index (χ3v) is 4.02. The van der Waals surface area contributed by atoms with Crippen LogP contribution in [-0.2, 0) is 9.53 Å². The van der Waals surface area contributed by atoms with Crippen molar-refractivity contribution in [3.8, 4) is 0 Å². The Hall–Kier alpha value is -0.505. The van der Waals surface area contributed by atoms with Crippen molar-refractivity contribution < 1.29 is 14.6 Å². The summed E-state index contributed by atoms with van der Waals surface area (Å²) in [6, 6.07) is 0. The summed E-state index contributed by atoms with van der Waals surface area (Å²) in [5, 5.41) is 10.4. The minimum Gasteiger partial charge on any atom is -0.465 e. The molecule has 16 heavy (non-hydrogen) atoms. The number of carbonyl (C=O) groups is 1. The molecule has 3 atom stereocenters. The van der Waals surface area contributed by atoms with Gasteiger partial charge in [-0.25, -0.2) is 0 Å². The second kappa shape index (κ2) is 4.40. The second-order valence-electron chi connectivity index (χ2n) is 5.68. The molecule has 0 saturated heterocycles. The van der Waals surface area contributed by atoms with E-state index in [2.05, 4.69) is 0 Å². The first-order valence-electron chi connectivity index (χ1n) is 5.79. The van der Waals surface area contributed by atoms with E-state index in [1.54, 1.807) is 6.92 Å². The van der Waals surface area contributed by atoms with Gasteiger partial charge in [0.25, 0.3) is 0 Å². The lowest BCUT2D eigenvalue weighted by molar-refractivity contribution is -0.154. The molecule has 2 radical (unpaired) electrons. The van der Waals surface area contributed by atoms with Gasteiger partial charge in [-0.2, -0.15) is 0 Å². The van der Waals surface area contributed by atoms with Crippen molar-refractivity contribution in [2.75, 3.05) is 6.61 Å². The molecule has 1 N–H and O–H groups in total. The first-order chi connectivity index (χ1) is 7.18. The fraction of sp³-hybridized carbons (Fsp3) is 0.917. The SMILES string of the molecule is [B][C@H]1CC[C@](C)(O)[C@@H](COC(C)=O)C1(C)C. The topological polar surface area (TPSA) is 46.5 Å². The number of esters is 1. The summed E-state index contributed by atoms with van der Waals surface area (Å²) < 4.78 is 5.05. The summed E-state index contributed by atoms with van der Waals surface area (Å²) >= 11 is 0.